The summed E-state index contributed by atoms with van der Waals surface area (Å²) in [5.74, 6) is 1.34. The average molecular weight is 303 g/mol. The van der Waals surface area contributed by atoms with Gasteiger partial charge in [0.15, 0.2) is 0 Å². The minimum atomic E-state index is 0.0343. The van der Waals surface area contributed by atoms with Gasteiger partial charge in [-0.15, -0.1) is 11.6 Å². The maximum Gasteiger partial charge on any atom is 0.0847 e. The summed E-state index contributed by atoms with van der Waals surface area (Å²) in [4.78, 5) is 0. The Balaban J connectivity index is 1.90. The molecule has 3 rings (SSSR count). The van der Waals surface area contributed by atoms with Crippen LogP contribution in [0, 0.1) is 18.3 Å². The summed E-state index contributed by atoms with van der Waals surface area (Å²) in [7, 11) is 1.96. The average Bonchev–Trinajstić information content (AvgIpc) is 3.11. The molecule has 1 aromatic rings. The van der Waals surface area contributed by atoms with E-state index >= 15 is 0 Å². The molecule has 0 amide bonds. The zero-order valence-electron chi connectivity index (χ0n) is 11.5. The van der Waals surface area contributed by atoms with Gasteiger partial charge in [-0.2, -0.15) is 5.10 Å². The van der Waals surface area contributed by atoms with Crippen molar-refractivity contribution in [2.75, 3.05) is 12.5 Å². The minimum Gasteiger partial charge on any atom is -0.377 e. The van der Waals surface area contributed by atoms with Gasteiger partial charge in [0, 0.05) is 31.4 Å². The maximum absolute atomic E-state index is 6.39. The zero-order chi connectivity index (χ0) is 13.6. The van der Waals surface area contributed by atoms with Crippen molar-refractivity contribution in [2.45, 2.75) is 38.7 Å². The highest BCUT2D eigenvalue weighted by atomic mass is 35.5. The van der Waals surface area contributed by atoms with E-state index in [2.05, 4.69) is 5.10 Å². The van der Waals surface area contributed by atoms with Crippen LogP contribution in [0.25, 0.3) is 0 Å². The zero-order valence-corrected chi connectivity index (χ0v) is 13.0. The van der Waals surface area contributed by atoms with Gasteiger partial charge in [-0.1, -0.05) is 11.6 Å². The van der Waals surface area contributed by atoms with Gasteiger partial charge in [-0.05, 0) is 32.1 Å². The first-order valence-electron chi connectivity index (χ1n) is 6.93. The van der Waals surface area contributed by atoms with Crippen molar-refractivity contribution in [1.29, 1.82) is 0 Å². The summed E-state index contributed by atoms with van der Waals surface area (Å²) in [6.45, 7) is 2.77. The quantitative estimate of drug-likeness (QED) is 0.798. The van der Waals surface area contributed by atoms with Gasteiger partial charge in [0.1, 0.15) is 0 Å². The Morgan fingerprint density at radius 1 is 1.47 bits per heavy atom. The molecule has 0 bridgehead atoms. The van der Waals surface area contributed by atoms with Crippen LogP contribution in [0.15, 0.2) is 0 Å². The third-order valence-corrected chi connectivity index (χ3v) is 5.62. The predicted octanol–water partition coefficient (Wildman–Crippen LogP) is 3.35. The highest BCUT2D eigenvalue weighted by Crippen LogP contribution is 2.50. The smallest absolute Gasteiger partial charge is 0.0847 e. The van der Waals surface area contributed by atoms with Gasteiger partial charge < -0.3 is 4.74 Å². The molecule has 0 N–H and O–H groups in total. The molecule has 0 spiro atoms. The largest absolute Gasteiger partial charge is 0.377 e. The Bertz CT molecular complexity index is 484. The van der Waals surface area contributed by atoms with E-state index in [1.807, 2.05) is 18.7 Å². The van der Waals surface area contributed by atoms with Crippen molar-refractivity contribution in [2.24, 2.45) is 18.4 Å². The van der Waals surface area contributed by atoms with Crippen molar-refractivity contribution < 1.29 is 4.74 Å². The van der Waals surface area contributed by atoms with Crippen LogP contribution < -0.4 is 0 Å². The van der Waals surface area contributed by atoms with E-state index < -0.39 is 0 Å². The molecule has 19 heavy (non-hydrogen) atoms. The van der Waals surface area contributed by atoms with Crippen LogP contribution in [0.5, 0.6) is 0 Å². The highest BCUT2D eigenvalue weighted by molar-refractivity contribution is 6.31. The number of rotatable bonds is 4. The molecule has 2 atom stereocenters. The summed E-state index contributed by atoms with van der Waals surface area (Å²) >= 11 is 12.7. The van der Waals surface area contributed by atoms with Crippen LogP contribution in [0.3, 0.4) is 0 Å². The van der Waals surface area contributed by atoms with Gasteiger partial charge >= 0.3 is 0 Å². The summed E-state index contributed by atoms with van der Waals surface area (Å²) in [5, 5.41) is 5.19. The van der Waals surface area contributed by atoms with Gasteiger partial charge in [0.05, 0.1) is 22.5 Å². The lowest BCUT2D eigenvalue weighted by Crippen LogP contribution is -2.37. The molecule has 1 aliphatic carbocycles. The number of ether oxygens (including phenoxy) is 1. The highest BCUT2D eigenvalue weighted by Gasteiger charge is 2.51. The molecule has 0 aromatic carbocycles. The van der Waals surface area contributed by atoms with Crippen molar-refractivity contribution in [3.05, 3.63) is 16.4 Å². The second kappa shape index (κ2) is 4.94. The van der Waals surface area contributed by atoms with Gasteiger partial charge in [0.25, 0.3) is 0 Å². The molecular weight excluding hydrogens is 283 g/mol. The molecule has 1 saturated heterocycles. The molecule has 1 aliphatic heterocycles. The number of aryl methyl sites for hydroxylation is 2. The topological polar surface area (TPSA) is 27.1 Å². The van der Waals surface area contributed by atoms with Crippen LogP contribution in [-0.4, -0.2) is 28.4 Å². The standard InChI is InChI=1S/C14H20Cl2N2O/c1-9-12(16)11(18(2)17-9)7-14(8-15)5-6-19-13(14)10-3-4-10/h10,13H,3-8H2,1-2H3. The van der Waals surface area contributed by atoms with Crippen LogP contribution in [0.4, 0.5) is 0 Å². The lowest BCUT2D eigenvalue weighted by molar-refractivity contribution is 0.0396. The molecule has 106 valence electrons. The lowest BCUT2D eigenvalue weighted by Gasteiger charge is -2.32. The summed E-state index contributed by atoms with van der Waals surface area (Å²) in [5.41, 5.74) is 2.02. The predicted molar refractivity (Wildman–Crippen MR) is 76.9 cm³/mol. The molecule has 1 aromatic heterocycles. The van der Waals surface area contributed by atoms with Crippen molar-refractivity contribution in [3.8, 4) is 0 Å². The first-order valence-corrected chi connectivity index (χ1v) is 7.84. The molecule has 5 heteroatoms. The second-order valence-electron chi connectivity index (χ2n) is 6.02. The molecule has 2 unspecified atom stereocenters. The number of hydrogen-bond donors (Lipinski definition) is 0. The Hall–Kier alpha value is -0.250. The van der Waals surface area contributed by atoms with Gasteiger partial charge in [0.2, 0.25) is 0 Å². The molecule has 2 fully saturated rings. The number of hydrogen-bond acceptors (Lipinski definition) is 2. The van der Waals surface area contributed by atoms with Crippen LogP contribution in [0.2, 0.25) is 5.02 Å². The van der Waals surface area contributed by atoms with E-state index in [1.54, 1.807) is 0 Å². The van der Waals surface area contributed by atoms with Crippen molar-refractivity contribution in [1.82, 2.24) is 9.78 Å². The molecule has 2 heterocycles. The van der Waals surface area contributed by atoms with E-state index in [1.165, 1.54) is 12.8 Å². The lowest BCUT2D eigenvalue weighted by atomic mass is 9.77. The molecule has 3 nitrogen and oxygen atoms in total. The van der Waals surface area contributed by atoms with E-state index in [0.29, 0.717) is 17.9 Å². The number of halogens is 2. The van der Waals surface area contributed by atoms with Crippen molar-refractivity contribution in [3.63, 3.8) is 0 Å². The Morgan fingerprint density at radius 3 is 2.74 bits per heavy atom. The first-order chi connectivity index (χ1) is 9.07. The number of alkyl halides is 1. The first kappa shape index (κ1) is 13.7. The maximum atomic E-state index is 6.39. The second-order valence-corrected chi connectivity index (χ2v) is 6.67. The van der Waals surface area contributed by atoms with Crippen molar-refractivity contribution >= 4 is 23.2 Å². The molecule has 1 saturated carbocycles. The van der Waals surface area contributed by atoms with E-state index in [4.69, 9.17) is 27.9 Å². The fourth-order valence-corrected chi connectivity index (χ4v) is 3.94. The number of aromatic nitrogens is 2. The Morgan fingerprint density at radius 2 is 2.21 bits per heavy atom. The summed E-state index contributed by atoms with van der Waals surface area (Å²) in [6, 6.07) is 0. The van der Waals surface area contributed by atoms with Crippen LogP contribution in [0.1, 0.15) is 30.7 Å². The fourth-order valence-electron chi connectivity index (χ4n) is 3.33. The third-order valence-electron chi connectivity index (χ3n) is 4.60. The molecule has 0 radical (unpaired) electrons. The normalized spacial score (nSPS) is 31.1. The number of nitrogens with zero attached hydrogens (tertiary/aromatic N) is 2. The monoisotopic (exact) mass is 302 g/mol. The van der Waals surface area contributed by atoms with E-state index in [0.717, 1.165) is 35.9 Å². The van der Waals surface area contributed by atoms with Gasteiger partial charge in [-0.25, -0.2) is 0 Å². The molecule has 2 aliphatic rings. The third kappa shape index (κ3) is 2.30. The van der Waals surface area contributed by atoms with Crippen LogP contribution >= 0.6 is 23.2 Å². The Labute approximate surface area is 124 Å². The summed E-state index contributed by atoms with van der Waals surface area (Å²) in [6.07, 6.45) is 4.76. The molecular formula is C14H20Cl2N2O. The SMILES string of the molecule is Cc1nn(C)c(CC2(CCl)CCOC2C2CC2)c1Cl. The van der Waals surface area contributed by atoms with E-state index in [9.17, 15) is 0 Å². The van der Waals surface area contributed by atoms with Gasteiger partial charge in [-0.3, -0.25) is 4.68 Å². The van der Waals surface area contributed by atoms with Crippen LogP contribution in [-0.2, 0) is 18.2 Å². The Kier molecular flexibility index (Phi) is 3.57. The fraction of sp³-hybridized carbons (Fsp3) is 0.786. The minimum absolute atomic E-state index is 0.0343. The van der Waals surface area contributed by atoms with E-state index in [-0.39, 0.29) is 5.41 Å². The summed E-state index contributed by atoms with van der Waals surface area (Å²) < 4.78 is 7.88.